The Kier molecular flexibility index (Phi) is 5.72. The number of rotatable bonds is 5. The van der Waals surface area contributed by atoms with Gasteiger partial charge in [0.1, 0.15) is 5.58 Å². The van der Waals surface area contributed by atoms with Crippen LogP contribution in [0.5, 0.6) is 0 Å². The molecule has 0 unspecified atom stereocenters. The van der Waals surface area contributed by atoms with Gasteiger partial charge < -0.3 is 4.42 Å². The Bertz CT molecular complexity index is 1250. The monoisotopic (exact) mass is 444 g/mol. The van der Waals surface area contributed by atoms with E-state index in [1.54, 1.807) is 30.0 Å². The highest BCUT2D eigenvalue weighted by Gasteiger charge is 2.17. The number of nitrogens with zero attached hydrogens (tertiary/aromatic N) is 2. The van der Waals surface area contributed by atoms with E-state index in [1.165, 1.54) is 0 Å². The van der Waals surface area contributed by atoms with Crippen molar-refractivity contribution in [2.24, 2.45) is 5.92 Å². The molecule has 148 valence electrons. The number of para-hydroxylation sites is 1. The van der Waals surface area contributed by atoms with Crippen molar-refractivity contribution in [2.75, 3.05) is 5.75 Å². The topological polar surface area (TPSA) is 48.0 Å². The average molecular weight is 445 g/mol. The lowest BCUT2D eigenvalue weighted by molar-refractivity contribution is 0.563. The van der Waals surface area contributed by atoms with Gasteiger partial charge >= 0.3 is 5.63 Å². The molecule has 0 fully saturated rings. The predicted molar refractivity (Wildman–Crippen MR) is 121 cm³/mol. The molecule has 0 N–H and O–H groups in total. The maximum absolute atomic E-state index is 12.6. The molecule has 0 radical (unpaired) electrons. The van der Waals surface area contributed by atoms with E-state index >= 15 is 0 Å². The fraction of sp³-hybridized carbons (Fsp3) is 0.182. The molecular weight excluding hydrogens is 427 g/mol. The second-order valence-corrected chi connectivity index (χ2v) is 8.90. The molecule has 0 aliphatic carbocycles. The number of aromatic nitrogens is 2. The SMILES string of the molecule is CC(C)CSc1nc(-c2cc3ccccc3oc2=O)cn1-c1ccc(Cl)cc1Cl. The summed E-state index contributed by atoms with van der Waals surface area (Å²) in [5.74, 6) is 1.37. The van der Waals surface area contributed by atoms with Gasteiger partial charge in [0, 0.05) is 22.4 Å². The van der Waals surface area contributed by atoms with Crippen LogP contribution in [0.15, 0.2) is 69.1 Å². The zero-order chi connectivity index (χ0) is 20.5. The van der Waals surface area contributed by atoms with Crippen molar-refractivity contribution in [3.8, 4) is 16.9 Å². The van der Waals surface area contributed by atoms with Crippen LogP contribution >= 0.6 is 35.0 Å². The van der Waals surface area contributed by atoms with Gasteiger partial charge in [0.05, 0.1) is 22.0 Å². The lowest BCUT2D eigenvalue weighted by atomic mass is 10.1. The van der Waals surface area contributed by atoms with Gasteiger partial charge in [-0.1, -0.05) is 67.0 Å². The lowest BCUT2D eigenvalue weighted by Gasteiger charge is -2.10. The molecule has 0 saturated heterocycles. The number of thioether (sulfide) groups is 1. The molecule has 0 aliphatic rings. The highest BCUT2D eigenvalue weighted by atomic mass is 35.5. The summed E-state index contributed by atoms with van der Waals surface area (Å²) < 4.78 is 7.38. The molecule has 4 rings (SSSR count). The van der Waals surface area contributed by atoms with Crippen LogP contribution in [0, 0.1) is 5.92 Å². The summed E-state index contributed by atoms with van der Waals surface area (Å²) in [5, 5.41) is 2.67. The minimum atomic E-state index is -0.420. The maximum Gasteiger partial charge on any atom is 0.345 e. The van der Waals surface area contributed by atoms with Crippen LogP contribution in [0.2, 0.25) is 10.0 Å². The van der Waals surface area contributed by atoms with Gasteiger partial charge in [0.25, 0.3) is 0 Å². The van der Waals surface area contributed by atoms with E-state index in [1.807, 2.05) is 41.1 Å². The second kappa shape index (κ2) is 8.27. The first-order valence-electron chi connectivity index (χ1n) is 9.13. The second-order valence-electron chi connectivity index (χ2n) is 7.06. The van der Waals surface area contributed by atoms with E-state index in [0.717, 1.165) is 22.0 Å². The molecule has 2 heterocycles. The zero-order valence-corrected chi connectivity index (χ0v) is 18.2. The summed E-state index contributed by atoms with van der Waals surface area (Å²) in [6, 6.07) is 14.6. The Hall–Kier alpha value is -2.21. The van der Waals surface area contributed by atoms with Crippen molar-refractivity contribution in [3.63, 3.8) is 0 Å². The minimum Gasteiger partial charge on any atom is -0.422 e. The summed E-state index contributed by atoms with van der Waals surface area (Å²) >= 11 is 14.1. The standard InChI is InChI=1S/C22H18Cl2N2O2S/c1-13(2)12-29-22-25-18(11-26(22)19-8-7-15(23)10-17(19)24)16-9-14-5-3-4-6-20(14)28-21(16)27/h3-11,13H,12H2,1-2H3. The van der Waals surface area contributed by atoms with Crippen LogP contribution in [-0.4, -0.2) is 15.3 Å². The third-order valence-electron chi connectivity index (χ3n) is 4.31. The largest absolute Gasteiger partial charge is 0.422 e. The van der Waals surface area contributed by atoms with E-state index in [4.69, 9.17) is 32.6 Å². The van der Waals surface area contributed by atoms with Crippen LogP contribution in [0.3, 0.4) is 0 Å². The zero-order valence-electron chi connectivity index (χ0n) is 15.9. The average Bonchev–Trinajstić information content (AvgIpc) is 3.09. The molecule has 0 atom stereocenters. The molecule has 7 heteroatoms. The molecule has 0 saturated carbocycles. The molecule has 0 amide bonds. The van der Waals surface area contributed by atoms with Gasteiger partial charge in [-0.25, -0.2) is 9.78 Å². The number of benzene rings is 2. The summed E-state index contributed by atoms with van der Waals surface area (Å²) in [7, 11) is 0. The number of hydrogen-bond acceptors (Lipinski definition) is 4. The highest BCUT2D eigenvalue weighted by Crippen LogP contribution is 2.32. The third kappa shape index (κ3) is 4.22. The van der Waals surface area contributed by atoms with Gasteiger partial charge in [-0.3, -0.25) is 4.57 Å². The fourth-order valence-corrected chi connectivity index (χ4v) is 4.36. The predicted octanol–water partition coefficient (Wildman–Crippen LogP) is 6.70. The molecule has 4 aromatic rings. The smallest absolute Gasteiger partial charge is 0.345 e. The van der Waals surface area contributed by atoms with Crippen molar-refractivity contribution < 1.29 is 4.42 Å². The van der Waals surface area contributed by atoms with Gasteiger partial charge in [-0.05, 0) is 36.2 Å². The van der Waals surface area contributed by atoms with Gasteiger partial charge in [0.2, 0.25) is 0 Å². The quantitative estimate of drug-likeness (QED) is 0.253. The summed E-state index contributed by atoms with van der Waals surface area (Å²) in [6.45, 7) is 4.29. The Balaban J connectivity index is 1.87. The molecule has 2 aromatic heterocycles. The van der Waals surface area contributed by atoms with E-state index in [2.05, 4.69) is 13.8 Å². The molecule has 0 aliphatic heterocycles. The minimum absolute atomic E-state index is 0.416. The highest BCUT2D eigenvalue weighted by molar-refractivity contribution is 7.99. The van der Waals surface area contributed by atoms with Crippen molar-refractivity contribution >= 4 is 45.9 Å². The Morgan fingerprint density at radius 3 is 2.69 bits per heavy atom. The van der Waals surface area contributed by atoms with Crippen LogP contribution in [0.1, 0.15) is 13.8 Å². The first-order chi connectivity index (χ1) is 13.9. The Morgan fingerprint density at radius 1 is 1.14 bits per heavy atom. The lowest BCUT2D eigenvalue weighted by Crippen LogP contribution is -2.02. The Labute approximate surface area is 182 Å². The first kappa shape index (κ1) is 20.1. The van der Waals surface area contributed by atoms with Crippen molar-refractivity contribution in [2.45, 2.75) is 19.0 Å². The van der Waals surface area contributed by atoms with Gasteiger partial charge in [-0.15, -0.1) is 0 Å². The van der Waals surface area contributed by atoms with Crippen molar-refractivity contribution in [1.82, 2.24) is 9.55 Å². The van der Waals surface area contributed by atoms with Crippen molar-refractivity contribution in [3.05, 3.63) is 75.2 Å². The molecule has 0 bridgehead atoms. The van der Waals surface area contributed by atoms with E-state index in [-0.39, 0.29) is 0 Å². The molecule has 0 spiro atoms. The van der Waals surface area contributed by atoms with E-state index < -0.39 is 5.63 Å². The summed E-state index contributed by atoms with van der Waals surface area (Å²) in [5.41, 5.74) is 1.85. The fourth-order valence-electron chi connectivity index (χ4n) is 2.93. The number of halogens is 2. The van der Waals surface area contributed by atoms with E-state index in [0.29, 0.717) is 32.8 Å². The van der Waals surface area contributed by atoms with E-state index in [9.17, 15) is 4.79 Å². The van der Waals surface area contributed by atoms with Crippen molar-refractivity contribution in [1.29, 1.82) is 0 Å². The van der Waals surface area contributed by atoms with Crippen LogP contribution in [0.25, 0.3) is 27.9 Å². The van der Waals surface area contributed by atoms with Gasteiger partial charge in [-0.2, -0.15) is 0 Å². The number of hydrogen-bond donors (Lipinski definition) is 0. The number of fused-ring (bicyclic) bond motifs is 1. The molecular formula is C22H18Cl2N2O2S. The Morgan fingerprint density at radius 2 is 1.93 bits per heavy atom. The summed E-state index contributed by atoms with van der Waals surface area (Å²) in [4.78, 5) is 17.3. The summed E-state index contributed by atoms with van der Waals surface area (Å²) in [6.07, 6.45) is 1.82. The first-order valence-corrected chi connectivity index (χ1v) is 10.9. The molecule has 4 nitrogen and oxygen atoms in total. The molecule has 2 aromatic carbocycles. The van der Waals surface area contributed by atoms with Crippen LogP contribution in [0.4, 0.5) is 0 Å². The maximum atomic E-state index is 12.6. The van der Waals surface area contributed by atoms with Gasteiger partial charge in [0.15, 0.2) is 5.16 Å². The van der Waals surface area contributed by atoms with Crippen LogP contribution < -0.4 is 5.63 Å². The molecule has 29 heavy (non-hydrogen) atoms. The number of imidazole rings is 1. The third-order valence-corrected chi connectivity index (χ3v) is 6.22. The van der Waals surface area contributed by atoms with Crippen LogP contribution in [-0.2, 0) is 0 Å². The normalized spacial score (nSPS) is 11.5.